The van der Waals surface area contributed by atoms with Crippen molar-refractivity contribution in [1.29, 1.82) is 0 Å². The molecule has 0 bridgehead atoms. The zero-order valence-electron chi connectivity index (χ0n) is 12.1. The molecule has 0 atom stereocenters. The first-order chi connectivity index (χ1) is 11.0. The van der Waals surface area contributed by atoms with Crippen LogP contribution >= 0.6 is 11.3 Å². The molecule has 0 amide bonds. The van der Waals surface area contributed by atoms with Crippen LogP contribution in [0.5, 0.6) is 0 Å². The van der Waals surface area contributed by atoms with Gasteiger partial charge in [0, 0.05) is 24.7 Å². The highest BCUT2D eigenvalue weighted by atomic mass is 32.2. The molecule has 0 saturated carbocycles. The summed E-state index contributed by atoms with van der Waals surface area (Å²) in [5.41, 5.74) is 0. The predicted octanol–water partition coefficient (Wildman–Crippen LogP) is 1.78. The van der Waals surface area contributed by atoms with Crippen molar-refractivity contribution in [2.45, 2.75) is 11.4 Å². The number of nitrogens with zero attached hydrogens (tertiary/aromatic N) is 2. The normalized spacial score (nSPS) is 11.7. The summed E-state index contributed by atoms with van der Waals surface area (Å²) in [5, 5.41) is 3.84. The summed E-state index contributed by atoms with van der Waals surface area (Å²) in [5.74, 6) is 0.0377. The maximum absolute atomic E-state index is 12.1. The Bertz CT molecular complexity index is 923. The first kappa shape index (κ1) is 15.7. The van der Waals surface area contributed by atoms with E-state index in [0.717, 1.165) is 4.88 Å². The molecule has 0 aliphatic heterocycles. The van der Waals surface area contributed by atoms with Crippen molar-refractivity contribution < 1.29 is 17.6 Å². The third-order valence-electron chi connectivity index (χ3n) is 3.06. The van der Waals surface area contributed by atoms with E-state index >= 15 is 0 Å². The number of nitrogens with one attached hydrogen (secondary N) is 1. The molecule has 7 nitrogen and oxygen atoms in total. The highest BCUT2D eigenvalue weighted by Gasteiger charge is 2.18. The summed E-state index contributed by atoms with van der Waals surface area (Å²) >= 11 is 1.22. The Kier molecular flexibility index (Phi) is 4.16. The second kappa shape index (κ2) is 6.11. The Balaban J connectivity index is 1.69. The van der Waals surface area contributed by atoms with E-state index in [9.17, 15) is 13.2 Å². The zero-order valence-corrected chi connectivity index (χ0v) is 13.7. The SMILES string of the molecule is Cn1cc(S(=O)(=O)NCc2ccc(C(=O)c3ccco3)s2)cn1. The van der Waals surface area contributed by atoms with Crippen molar-refractivity contribution in [3.63, 3.8) is 0 Å². The van der Waals surface area contributed by atoms with Crippen molar-refractivity contribution in [3.8, 4) is 0 Å². The predicted molar refractivity (Wildman–Crippen MR) is 83.7 cm³/mol. The van der Waals surface area contributed by atoms with Crippen LogP contribution in [0, 0.1) is 0 Å². The number of ketones is 1. The van der Waals surface area contributed by atoms with Gasteiger partial charge in [0.25, 0.3) is 0 Å². The van der Waals surface area contributed by atoms with E-state index in [4.69, 9.17) is 4.42 Å². The number of aryl methyl sites for hydroxylation is 1. The van der Waals surface area contributed by atoms with Crippen molar-refractivity contribution in [2.24, 2.45) is 7.05 Å². The van der Waals surface area contributed by atoms with Gasteiger partial charge in [-0.15, -0.1) is 11.3 Å². The van der Waals surface area contributed by atoms with Gasteiger partial charge in [0.05, 0.1) is 17.3 Å². The quantitative estimate of drug-likeness (QED) is 0.683. The number of rotatable bonds is 6. The van der Waals surface area contributed by atoms with Gasteiger partial charge >= 0.3 is 0 Å². The number of carbonyl (C=O) groups excluding carboxylic acids is 1. The smallest absolute Gasteiger partial charge is 0.244 e. The van der Waals surface area contributed by atoms with Gasteiger partial charge < -0.3 is 4.42 Å². The lowest BCUT2D eigenvalue weighted by atomic mass is 10.2. The minimum atomic E-state index is -3.62. The molecular formula is C14H13N3O4S2. The number of hydrogen-bond donors (Lipinski definition) is 1. The van der Waals surface area contributed by atoms with Crippen molar-refractivity contribution in [3.05, 3.63) is 58.4 Å². The van der Waals surface area contributed by atoms with Crippen molar-refractivity contribution in [1.82, 2.24) is 14.5 Å². The highest BCUT2D eigenvalue weighted by Crippen LogP contribution is 2.21. The summed E-state index contributed by atoms with van der Waals surface area (Å²) in [6, 6.07) is 6.60. The molecule has 0 fully saturated rings. The Morgan fingerprint density at radius 2 is 2.22 bits per heavy atom. The Morgan fingerprint density at radius 3 is 2.87 bits per heavy atom. The van der Waals surface area contributed by atoms with Crippen LogP contribution in [0.15, 0.2) is 52.2 Å². The number of hydrogen-bond acceptors (Lipinski definition) is 6. The van der Waals surface area contributed by atoms with Crippen LogP contribution in [-0.2, 0) is 23.6 Å². The fourth-order valence-corrected chi connectivity index (χ4v) is 3.88. The molecule has 0 unspecified atom stereocenters. The topological polar surface area (TPSA) is 94.2 Å². The maximum atomic E-state index is 12.1. The van der Waals surface area contributed by atoms with Crippen LogP contribution in [0.4, 0.5) is 0 Å². The Labute approximate surface area is 136 Å². The fourth-order valence-electron chi connectivity index (χ4n) is 1.91. The number of thiophene rings is 1. The van der Waals surface area contributed by atoms with Gasteiger partial charge in [-0.05, 0) is 24.3 Å². The molecule has 0 aromatic carbocycles. The van der Waals surface area contributed by atoms with Gasteiger partial charge in [0.15, 0.2) is 5.76 Å². The van der Waals surface area contributed by atoms with Crippen molar-refractivity contribution >= 4 is 27.1 Å². The monoisotopic (exact) mass is 351 g/mol. The van der Waals surface area contributed by atoms with Gasteiger partial charge in [-0.3, -0.25) is 9.48 Å². The van der Waals surface area contributed by atoms with E-state index in [-0.39, 0.29) is 23.0 Å². The van der Waals surface area contributed by atoms with E-state index in [1.54, 1.807) is 31.3 Å². The van der Waals surface area contributed by atoms with Gasteiger partial charge in [-0.25, -0.2) is 13.1 Å². The van der Waals surface area contributed by atoms with E-state index in [0.29, 0.717) is 4.88 Å². The van der Waals surface area contributed by atoms with Crippen LogP contribution in [0.25, 0.3) is 0 Å². The first-order valence-corrected chi connectivity index (χ1v) is 8.91. The van der Waals surface area contributed by atoms with E-state index in [1.165, 1.54) is 34.7 Å². The molecule has 0 spiro atoms. The summed E-state index contributed by atoms with van der Waals surface area (Å²) in [6.45, 7) is 0.104. The van der Waals surface area contributed by atoms with Gasteiger partial charge in [-0.2, -0.15) is 5.10 Å². The number of carbonyl (C=O) groups is 1. The van der Waals surface area contributed by atoms with Crippen LogP contribution in [-0.4, -0.2) is 24.0 Å². The minimum absolute atomic E-state index is 0.100. The average molecular weight is 351 g/mol. The molecule has 3 aromatic rings. The molecule has 0 radical (unpaired) electrons. The van der Waals surface area contributed by atoms with Gasteiger partial charge in [0.1, 0.15) is 4.90 Å². The lowest BCUT2D eigenvalue weighted by molar-refractivity contribution is 0.101. The van der Waals surface area contributed by atoms with Crippen LogP contribution in [0.3, 0.4) is 0 Å². The molecule has 0 aliphatic rings. The highest BCUT2D eigenvalue weighted by molar-refractivity contribution is 7.89. The molecule has 3 heterocycles. The third kappa shape index (κ3) is 3.41. The molecule has 3 aromatic heterocycles. The standard InChI is InChI=1S/C14H13N3O4S2/c1-17-9-11(8-15-17)23(19,20)16-7-10-4-5-13(22-10)14(18)12-3-2-6-21-12/h2-6,8-9,16H,7H2,1H3. The number of sulfonamides is 1. The third-order valence-corrected chi connectivity index (χ3v) is 5.50. The lowest BCUT2D eigenvalue weighted by Gasteiger charge is -2.02. The molecule has 120 valence electrons. The van der Waals surface area contributed by atoms with E-state index < -0.39 is 10.0 Å². The van der Waals surface area contributed by atoms with Crippen LogP contribution < -0.4 is 4.72 Å². The van der Waals surface area contributed by atoms with E-state index in [1.807, 2.05) is 0 Å². The first-order valence-electron chi connectivity index (χ1n) is 6.61. The maximum Gasteiger partial charge on any atom is 0.244 e. The van der Waals surface area contributed by atoms with E-state index in [2.05, 4.69) is 9.82 Å². The second-order valence-corrected chi connectivity index (χ2v) is 7.68. The molecule has 23 heavy (non-hydrogen) atoms. The Hall–Kier alpha value is -2.23. The summed E-state index contributed by atoms with van der Waals surface area (Å²) in [7, 11) is -1.98. The molecule has 1 N–H and O–H groups in total. The van der Waals surface area contributed by atoms with Crippen LogP contribution in [0.2, 0.25) is 0 Å². The van der Waals surface area contributed by atoms with Gasteiger partial charge in [0.2, 0.25) is 15.8 Å². The fraction of sp³-hybridized carbons (Fsp3) is 0.143. The molecule has 0 aliphatic carbocycles. The Morgan fingerprint density at radius 1 is 1.39 bits per heavy atom. The van der Waals surface area contributed by atoms with Gasteiger partial charge in [-0.1, -0.05) is 0 Å². The molecular weight excluding hydrogens is 338 g/mol. The summed E-state index contributed by atoms with van der Waals surface area (Å²) in [4.78, 5) is 13.4. The zero-order chi connectivity index (χ0) is 16.4. The summed E-state index contributed by atoms with van der Waals surface area (Å²) in [6.07, 6.45) is 4.13. The molecule has 9 heteroatoms. The second-order valence-electron chi connectivity index (χ2n) is 4.75. The largest absolute Gasteiger partial charge is 0.461 e. The average Bonchev–Trinajstić information content (AvgIpc) is 3.25. The summed E-state index contributed by atoms with van der Waals surface area (Å²) < 4.78 is 33.2. The minimum Gasteiger partial charge on any atom is -0.461 e. The molecule has 3 rings (SSSR count). The molecule has 0 saturated heterocycles. The lowest BCUT2D eigenvalue weighted by Crippen LogP contribution is -2.22. The number of furan rings is 1. The number of aromatic nitrogens is 2. The van der Waals surface area contributed by atoms with Crippen molar-refractivity contribution in [2.75, 3.05) is 0 Å². The van der Waals surface area contributed by atoms with Crippen LogP contribution in [0.1, 0.15) is 20.3 Å².